The zero-order chi connectivity index (χ0) is 23.5. The summed E-state index contributed by atoms with van der Waals surface area (Å²) in [4.78, 5) is 47.8. The van der Waals surface area contributed by atoms with Crippen molar-refractivity contribution in [3.05, 3.63) is 82.1 Å². The molecule has 2 aromatic carbocycles. The first-order valence-electron chi connectivity index (χ1n) is 11.7. The fourth-order valence-corrected chi connectivity index (χ4v) is 4.78. The molecule has 0 aliphatic carbocycles. The van der Waals surface area contributed by atoms with Crippen LogP contribution in [-0.2, 0) is 16.0 Å². The molecule has 2 aliphatic rings. The van der Waals surface area contributed by atoms with E-state index in [0.717, 1.165) is 32.4 Å². The van der Waals surface area contributed by atoms with Crippen LogP contribution in [-0.4, -0.2) is 34.9 Å². The summed E-state index contributed by atoms with van der Waals surface area (Å²) in [7, 11) is 0. The molecule has 0 spiro atoms. The standard InChI is InChI=1S/C26H27N5O3/c32-21-16-20(24(33)27-19-9-5-2-6-10-19)22-23(28-21)29-26(30-25(22)34)31-13-11-18(12-14-31)15-17-7-3-1-4-8-17/h1-10,18,20H,11-16H2,(H,27,33)(H2,28,29,30,32,34). The Labute approximate surface area is 197 Å². The van der Waals surface area contributed by atoms with Gasteiger partial charge in [0, 0.05) is 25.2 Å². The van der Waals surface area contributed by atoms with Crippen LogP contribution in [0.5, 0.6) is 0 Å². The van der Waals surface area contributed by atoms with Gasteiger partial charge in [0.2, 0.25) is 17.8 Å². The Morgan fingerprint density at radius 1 is 1.00 bits per heavy atom. The third kappa shape index (κ3) is 4.71. The monoisotopic (exact) mass is 457 g/mol. The van der Waals surface area contributed by atoms with Crippen LogP contribution in [0.3, 0.4) is 0 Å². The summed E-state index contributed by atoms with van der Waals surface area (Å²) in [6.07, 6.45) is 2.92. The minimum atomic E-state index is -0.897. The quantitative estimate of drug-likeness (QED) is 0.545. The average molecular weight is 458 g/mol. The van der Waals surface area contributed by atoms with E-state index >= 15 is 0 Å². The Hall–Kier alpha value is -3.94. The largest absolute Gasteiger partial charge is 0.342 e. The minimum absolute atomic E-state index is 0.0966. The summed E-state index contributed by atoms with van der Waals surface area (Å²) in [5, 5.41) is 5.49. The van der Waals surface area contributed by atoms with Crippen molar-refractivity contribution in [3.63, 3.8) is 0 Å². The Morgan fingerprint density at radius 3 is 2.38 bits per heavy atom. The lowest BCUT2D eigenvalue weighted by Gasteiger charge is -2.33. The van der Waals surface area contributed by atoms with Gasteiger partial charge in [-0.2, -0.15) is 4.98 Å². The van der Waals surface area contributed by atoms with E-state index in [9.17, 15) is 14.4 Å². The molecule has 1 saturated heterocycles. The van der Waals surface area contributed by atoms with Crippen LogP contribution < -0.4 is 21.1 Å². The highest BCUT2D eigenvalue weighted by Gasteiger charge is 2.35. The zero-order valence-corrected chi connectivity index (χ0v) is 18.8. The van der Waals surface area contributed by atoms with E-state index in [0.29, 0.717) is 17.6 Å². The summed E-state index contributed by atoms with van der Waals surface area (Å²) in [5.41, 5.74) is 1.76. The Morgan fingerprint density at radius 2 is 1.68 bits per heavy atom. The van der Waals surface area contributed by atoms with Gasteiger partial charge in [-0.1, -0.05) is 48.5 Å². The first-order chi connectivity index (χ1) is 16.6. The normalized spacial score (nSPS) is 18.2. The first-order valence-corrected chi connectivity index (χ1v) is 11.7. The van der Waals surface area contributed by atoms with Gasteiger partial charge in [-0.3, -0.25) is 19.4 Å². The molecule has 3 heterocycles. The molecule has 34 heavy (non-hydrogen) atoms. The topological polar surface area (TPSA) is 107 Å². The highest BCUT2D eigenvalue weighted by atomic mass is 16.2. The van der Waals surface area contributed by atoms with Gasteiger partial charge in [-0.25, -0.2) is 0 Å². The van der Waals surface area contributed by atoms with Crippen LogP contribution in [0.1, 0.15) is 36.3 Å². The lowest BCUT2D eigenvalue weighted by atomic mass is 9.90. The number of fused-ring (bicyclic) bond motifs is 1. The van der Waals surface area contributed by atoms with Crippen LogP contribution in [0.25, 0.3) is 0 Å². The molecule has 1 aromatic heterocycles. The van der Waals surface area contributed by atoms with Crippen molar-refractivity contribution in [3.8, 4) is 0 Å². The van der Waals surface area contributed by atoms with E-state index in [4.69, 9.17) is 0 Å². The maximum atomic E-state index is 13.1. The van der Waals surface area contributed by atoms with Gasteiger partial charge in [-0.15, -0.1) is 0 Å². The van der Waals surface area contributed by atoms with Gasteiger partial charge >= 0.3 is 0 Å². The number of aromatic nitrogens is 2. The number of nitrogens with one attached hydrogen (secondary N) is 3. The van der Waals surface area contributed by atoms with Crippen LogP contribution >= 0.6 is 0 Å². The third-order valence-corrected chi connectivity index (χ3v) is 6.58. The smallest absolute Gasteiger partial charge is 0.258 e. The lowest BCUT2D eigenvalue weighted by Crippen LogP contribution is -2.40. The number of hydrogen-bond acceptors (Lipinski definition) is 5. The fourth-order valence-electron chi connectivity index (χ4n) is 4.78. The van der Waals surface area contributed by atoms with Crippen molar-refractivity contribution >= 4 is 29.3 Å². The number of benzene rings is 2. The van der Waals surface area contributed by atoms with Crippen LogP contribution in [0.4, 0.5) is 17.5 Å². The summed E-state index contributed by atoms with van der Waals surface area (Å²) in [5.74, 6) is -0.434. The third-order valence-electron chi connectivity index (χ3n) is 6.58. The molecule has 174 valence electrons. The fraction of sp³-hybridized carbons (Fsp3) is 0.308. The summed E-state index contributed by atoms with van der Waals surface area (Å²) in [6.45, 7) is 1.54. The molecule has 8 nitrogen and oxygen atoms in total. The second-order valence-corrected chi connectivity index (χ2v) is 8.93. The second-order valence-electron chi connectivity index (χ2n) is 8.93. The highest BCUT2D eigenvalue weighted by molar-refractivity contribution is 6.04. The maximum Gasteiger partial charge on any atom is 0.258 e. The molecular formula is C26H27N5O3. The van der Waals surface area contributed by atoms with Crippen molar-refractivity contribution in [2.75, 3.05) is 28.6 Å². The summed E-state index contributed by atoms with van der Waals surface area (Å²) < 4.78 is 0. The SMILES string of the molecule is O=C1CC(C(=O)Nc2ccccc2)c2c(nc(N3CCC(Cc4ccccc4)CC3)[nH]c2=O)N1. The highest BCUT2D eigenvalue weighted by Crippen LogP contribution is 2.31. The Kier molecular flexibility index (Phi) is 6.12. The molecule has 2 amide bonds. The number of amides is 2. The van der Waals surface area contributed by atoms with Crippen LogP contribution in [0, 0.1) is 5.92 Å². The molecule has 0 saturated carbocycles. The van der Waals surface area contributed by atoms with Gasteiger partial charge in [-0.05, 0) is 42.9 Å². The van der Waals surface area contributed by atoms with Crippen molar-refractivity contribution < 1.29 is 9.59 Å². The number of anilines is 3. The average Bonchev–Trinajstić information content (AvgIpc) is 2.85. The molecule has 5 rings (SSSR count). The number of H-pyrrole nitrogens is 1. The van der Waals surface area contributed by atoms with Gasteiger partial charge in [0.1, 0.15) is 5.82 Å². The lowest BCUT2D eigenvalue weighted by molar-refractivity contribution is -0.123. The number of para-hydroxylation sites is 1. The Balaban J connectivity index is 1.31. The number of hydrogen-bond donors (Lipinski definition) is 3. The molecule has 3 N–H and O–H groups in total. The molecule has 0 bridgehead atoms. The van der Waals surface area contributed by atoms with Crippen molar-refractivity contribution in [1.29, 1.82) is 0 Å². The van der Waals surface area contributed by atoms with Gasteiger partial charge in [0.05, 0.1) is 11.5 Å². The van der Waals surface area contributed by atoms with Gasteiger partial charge in [0.25, 0.3) is 5.56 Å². The maximum absolute atomic E-state index is 13.1. The molecule has 0 radical (unpaired) electrons. The van der Waals surface area contributed by atoms with E-state index in [1.54, 1.807) is 24.3 Å². The van der Waals surface area contributed by atoms with E-state index in [1.807, 2.05) is 17.0 Å². The van der Waals surface area contributed by atoms with E-state index in [2.05, 4.69) is 44.9 Å². The number of carbonyl (C=O) groups is 2. The van der Waals surface area contributed by atoms with Crippen molar-refractivity contribution in [1.82, 2.24) is 9.97 Å². The molecule has 1 fully saturated rings. The summed E-state index contributed by atoms with van der Waals surface area (Å²) in [6, 6.07) is 19.4. The summed E-state index contributed by atoms with van der Waals surface area (Å²) >= 11 is 0. The van der Waals surface area contributed by atoms with E-state index in [-0.39, 0.29) is 29.3 Å². The number of piperidine rings is 1. The molecule has 1 unspecified atom stereocenters. The zero-order valence-electron chi connectivity index (χ0n) is 18.8. The second kappa shape index (κ2) is 9.51. The van der Waals surface area contributed by atoms with E-state index in [1.165, 1.54) is 5.56 Å². The molecule has 3 aromatic rings. The van der Waals surface area contributed by atoms with E-state index < -0.39 is 11.8 Å². The predicted molar refractivity (Wildman–Crippen MR) is 131 cm³/mol. The Bertz CT molecular complexity index is 1230. The predicted octanol–water partition coefficient (Wildman–Crippen LogP) is 3.29. The number of carbonyl (C=O) groups excluding carboxylic acids is 2. The molecule has 8 heteroatoms. The van der Waals surface area contributed by atoms with Crippen molar-refractivity contribution in [2.45, 2.75) is 31.6 Å². The number of nitrogens with zero attached hydrogens (tertiary/aromatic N) is 2. The van der Waals surface area contributed by atoms with Gasteiger partial charge in [0.15, 0.2) is 0 Å². The molecule has 1 atom stereocenters. The minimum Gasteiger partial charge on any atom is -0.342 e. The van der Waals surface area contributed by atoms with Crippen LogP contribution in [0.2, 0.25) is 0 Å². The van der Waals surface area contributed by atoms with Gasteiger partial charge < -0.3 is 15.5 Å². The number of rotatable bonds is 5. The molecule has 2 aliphatic heterocycles. The molecular weight excluding hydrogens is 430 g/mol. The van der Waals surface area contributed by atoms with Crippen molar-refractivity contribution in [2.24, 2.45) is 5.92 Å². The van der Waals surface area contributed by atoms with Crippen LogP contribution in [0.15, 0.2) is 65.5 Å². The number of aromatic amines is 1. The first kappa shape index (κ1) is 21.9.